The van der Waals surface area contributed by atoms with E-state index in [0.29, 0.717) is 17.3 Å². The van der Waals surface area contributed by atoms with E-state index in [9.17, 15) is 0 Å². The van der Waals surface area contributed by atoms with Crippen LogP contribution in [0.3, 0.4) is 0 Å². The third-order valence-corrected chi connectivity index (χ3v) is 9.50. The zero-order chi connectivity index (χ0) is 21.9. The van der Waals surface area contributed by atoms with Crippen LogP contribution in [0.2, 0.25) is 0 Å². The summed E-state index contributed by atoms with van der Waals surface area (Å²) in [5.41, 5.74) is 8.23. The smallest absolute Gasteiger partial charge is 0.0493 e. The van der Waals surface area contributed by atoms with Crippen LogP contribution in [0.4, 0.5) is 5.69 Å². The van der Waals surface area contributed by atoms with E-state index < -0.39 is 0 Å². The first-order valence-electron chi connectivity index (χ1n) is 12.4. The van der Waals surface area contributed by atoms with E-state index in [1.807, 2.05) is 0 Å². The molecule has 1 aliphatic carbocycles. The molecule has 4 rings (SSSR count). The molecule has 1 saturated heterocycles. The highest BCUT2D eigenvalue weighted by molar-refractivity contribution is 5.60. The molecule has 30 heavy (non-hydrogen) atoms. The fourth-order valence-corrected chi connectivity index (χ4v) is 7.62. The number of anilines is 1. The Morgan fingerprint density at radius 3 is 2.60 bits per heavy atom. The molecule has 0 saturated carbocycles. The van der Waals surface area contributed by atoms with Crippen molar-refractivity contribution in [1.82, 2.24) is 4.90 Å². The molecule has 4 unspecified atom stereocenters. The number of nitrogens with one attached hydrogen (secondary N) is 1. The van der Waals surface area contributed by atoms with Crippen LogP contribution < -0.4 is 5.32 Å². The van der Waals surface area contributed by atoms with Gasteiger partial charge in [0.15, 0.2) is 0 Å². The minimum Gasteiger partial charge on any atom is -0.385 e. The van der Waals surface area contributed by atoms with Crippen molar-refractivity contribution in [3.8, 4) is 0 Å². The monoisotopic (exact) mass is 408 g/mol. The molecule has 0 aromatic heterocycles. The molecule has 1 fully saturated rings. The van der Waals surface area contributed by atoms with Crippen molar-refractivity contribution < 1.29 is 0 Å². The first kappa shape index (κ1) is 21.9. The normalized spacial score (nSPS) is 33.1. The van der Waals surface area contributed by atoms with Crippen molar-refractivity contribution >= 4 is 5.69 Å². The van der Waals surface area contributed by atoms with Crippen LogP contribution in [-0.4, -0.2) is 23.5 Å². The summed E-state index contributed by atoms with van der Waals surface area (Å²) in [6.07, 6.45) is 7.60. The van der Waals surface area contributed by atoms with Gasteiger partial charge in [0, 0.05) is 36.3 Å². The Kier molecular flexibility index (Phi) is 5.41. The van der Waals surface area contributed by atoms with Crippen molar-refractivity contribution in [2.24, 2.45) is 17.3 Å². The van der Waals surface area contributed by atoms with E-state index >= 15 is 0 Å². The first-order valence-corrected chi connectivity index (χ1v) is 12.4. The second-order valence-corrected chi connectivity index (χ2v) is 11.4. The summed E-state index contributed by atoms with van der Waals surface area (Å²) in [6.45, 7) is 23.1. The molecule has 0 spiro atoms. The largest absolute Gasteiger partial charge is 0.385 e. The number of allylic oxidation sites excluding steroid dienone is 1. The van der Waals surface area contributed by atoms with Crippen LogP contribution in [0.25, 0.3) is 0 Å². The molecule has 2 aliphatic heterocycles. The van der Waals surface area contributed by atoms with Gasteiger partial charge in [-0.3, -0.25) is 4.90 Å². The third kappa shape index (κ3) is 2.85. The predicted molar refractivity (Wildman–Crippen MR) is 130 cm³/mol. The lowest BCUT2D eigenvalue weighted by Gasteiger charge is -2.64. The number of hydrogen-bond acceptors (Lipinski definition) is 2. The van der Waals surface area contributed by atoms with Gasteiger partial charge in [-0.25, -0.2) is 0 Å². The Labute approximate surface area is 185 Å². The number of fused-ring (bicyclic) bond motifs is 2. The van der Waals surface area contributed by atoms with Gasteiger partial charge in [0.2, 0.25) is 0 Å². The summed E-state index contributed by atoms with van der Waals surface area (Å²) < 4.78 is 0. The third-order valence-electron chi connectivity index (χ3n) is 9.50. The van der Waals surface area contributed by atoms with Gasteiger partial charge >= 0.3 is 0 Å². The summed E-state index contributed by atoms with van der Waals surface area (Å²) >= 11 is 0. The zero-order valence-corrected chi connectivity index (χ0v) is 20.8. The zero-order valence-electron chi connectivity index (χ0n) is 20.8. The van der Waals surface area contributed by atoms with E-state index in [-0.39, 0.29) is 11.0 Å². The van der Waals surface area contributed by atoms with Crippen molar-refractivity contribution in [2.75, 3.05) is 18.4 Å². The summed E-state index contributed by atoms with van der Waals surface area (Å²) in [5.74, 6) is 1.24. The Balaban J connectivity index is 1.91. The molecule has 0 radical (unpaired) electrons. The summed E-state index contributed by atoms with van der Waals surface area (Å²) in [6, 6.07) is 5.07. The summed E-state index contributed by atoms with van der Waals surface area (Å²) in [5, 5.41) is 3.73. The number of rotatable bonds is 6. The topological polar surface area (TPSA) is 15.3 Å². The van der Waals surface area contributed by atoms with E-state index in [1.165, 1.54) is 43.5 Å². The van der Waals surface area contributed by atoms with Gasteiger partial charge in [0.05, 0.1) is 0 Å². The first-order chi connectivity index (χ1) is 14.1. The molecule has 2 nitrogen and oxygen atoms in total. The molecule has 0 amide bonds. The maximum absolute atomic E-state index is 3.73. The summed E-state index contributed by atoms with van der Waals surface area (Å²) in [7, 11) is 0. The second-order valence-electron chi connectivity index (χ2n) is 11.4. The van der Waals surface area contributed by atoms with Crippen LogP contribution in [0.1, 0.15) is 90.8 Å². The van der Waals surface area contributed by atoms with Gasteiger partial charge in [-0.2, -0.15) is 0 Å². The van der Waals surface area contributed by atoms with Gasteiger partial charge in [-0.15, -0.1) is 0 Å². The van der Waals surface area contributed by atoms with Gasteiger partial charge in [0.25, 0.3) is 0 Å². The molecular formula is C28H44N2. The molecule has 1 aromatic rings. The van der Waals surface area contributed by atoms with Gasteiger partial charge in [-0.1, -0.05) is 72.1 Å². The number of nitrogens with zero attached hydrogens (tertiary/aromatic N) is 1. The minimum atomic E-state index is 0.132. The molecule has 2 heteroatoms. The highest BCUT2D eigenvalue weighted by atomic mass is 15.2. The second kappa shape index (κ2) is 7.40. The Hall–Kier alpha value is -1.28. The van der Waals surface area contributed by atoms with Crippen molar-refractivity contribution in [3.63, 3.8) is 0 Å². The maximum Gasteiger partial charge on any atom is 0.0493 e. The van der Waals surface area contributed by atoms with Crippen LogP contribution in [0.5, 0.6) is 0 Å². The highest BCUT2D eigenvalue weighted by Crippen LogP contribution is 2.64. The molecule has 166 valence electrons. The van der Waals surface area contributed by atoms with Gasteiger partial charge < -0.3 is 5.32 Å². The molecule has 2 heterocycles. The Morgan fingerprint density at radius 1 is 1.20 bits per heavy atom. The molecule has 1 aromatic carbocycles. The standard InChI is InChI=1S/C28H44N2/c1-9-11-13-29-24-17-21-18-30-14-12-22-15-20(4)25(26(5,6)10-2)27(7,28(22,30)8)23(21)16-19(24)3/h15-17,20,25,29H,9-14,18H2,1-8H3. The quantitative estimate of drug-likeness (QED) is 0.400. The van der Waals surface area contributed by atoms with E-state index in [2.05, 4.69) is 83.8 Å². The number of benzene rings is 1. The number of hydrogen-bond donors (Lipinski definition) is 1. The van der Waals surface area contributed by atoms with E-state index in [0.717, 1.165) is 13.1 Å². The van der Waals surface area contributed by atoms with E-state index in [1.54, 1.807) is 16.7 Å². The number of aryl methyl sites for hydroxylation is 1. The molecule has 0 bridgehead atoms. The lowest BCUT2D eigenvalue weighted by Crippen LogP contribution is -2.67. The van der Waals surface area contributed by atoms with Crippen LogP contribution >= 0.6 is 0 Å². The molecule has 4 atom stereocenters. The fourth-order valence-electron chi connectivity index (χ4n) is 7.62. The SMILES string of the molecule is CCCCNc1cc2c(cc1C)C1(C)C(C(C)(C)CC)C(C)C=C3CCN(C2)C31C. The Morgan fingerprint density at radius 2 is 1.93 bits per heavy atom. The lowest BCUT2D eigenvalue weighted by molar-refractivity contribution is -0.0384. The van der Waals surface area contributed by atoms with Crippen molar-refractivity contribution in [3.05, 3.63) is 40.5 Å². The fraction of sp³-hybridized carbons (Fsp3) is 0.714. The molecule has 1 N–H and O–H groups in total. The van der Waals surface area contributed by atoms with Crippen LogP contribution in [-0.2, 0) is 12.0 Å². The predicted octanol–water partition coefficient (Wildman–Crippen LogP) is 7.07. The maximum atomic E-state index is 3.73. The van der Waals surface area contributed by atoms with E-state index in [4.69, 9.17) is 0 Å². The van der Waals surface area contributed by atoms with Crippen molar-refractivity contribution in [2.45, 2.75) is 98.6 Å². The van der Waals surface area contributed by atoms with Gasteiger partial charge in [-0.05, 0) is 66.7 Å². The average molecular weight is 409 g/mol. The van der Waals surface area contributed by atoms with Gasteiger partial charge in [0.1, 0.15) is 0 Å². The van der Waals surface area contributed by atoms with Crippen molar-refractivity contribution in [1.29, 1.82) is 0 Å². The number of unbranched alkanes of at least 4 members (excludes halogenated alkanes) is 1. The van der Waals surface area contributed by atoms with Crippen LogP contribution in [0, 0.1) is 24.2 Å². The summed E-state index contributed by atoms with van der Waals surface area (Å²) in [4.78, 5) is 2.82. The van der Waals surface area contributed by atoms with Crippen LogP contribution in [0.15, 0.2) is 23.8 Å². The molecular weight excluding hydrogens is 364 g/mol. The lowest BCUT2D eigenvalue weighted by atomic mass is 9.45. The Bertz CT molecular complexity index is 850. The minimum absolute atomic E-state index is 0.132. The molecule has 3 aliphatic rings. The average Bonchev–Trinajstić information content (AvgIpc) is 3.00. The highest BCUT2D eigenvalue weighted by Gasteiger charge is 2.65.